The molecule has 0 aromatic carbocycles. The van der Waals surface area contributed by atoms with Gasteiger partial charge in [-0.05, 0) is 31.1 Å². The van der Waals surface area contributed by atoms with Crippen LogP contribution in [0.25, 0.3) is 0 Å². The van der Waals surface area contributed by atoms with Gasteiger partial charge in [-0.1, -0.05) is 59.5 Å². The Morgan fingerprint density at radius 2 is 1.45 bits per heavy atom. The van der Waals surface area contributed by atoms with Crippen molar-refractivity contribution in [3.05, 3.63) is 19.3 Å². The Bertz CT molecular complexity index is 211. The maximum atomic E-state index is 9.90. The van der Waals surface area contributed by atoms with Gasteiger partial charge in [0.05, 0.1) is 0 Å². The van der Waals surface area contributed by atoms with Gasteiger partial charge in [0.15, 0.2) is 0 Å². The van der Waals surface area contributed by atoms with Crippen molar-refractivity contribution < 1.29 is 10.9 Å². The minimum Gasteiger partial charge on any atom is 0 e. The summed E-state index contributed by atoms with van der Waals surface area (Å²) in [6.45, 7) is 17.1. The summed E-state index contributed by atoms with van der Waals surface area (Å²) in [5.74, 6) is 1.67. The quantitative estimate of drug-likeness (QED) is 0.159. The van der Waals surface area contributed by atoms with E-state index >= 15 is 0 Å². The zero-order chi connectivity index (χ0) is 16.2. The summed E-state index contributed by atoms with van der Waals surface area (Å²) >= 11 is 0. The van der Waals surface area contributed by atoms with Crippen LogP contribution in [-0.4, -0.2) is 6.29 Å². The molecule has 0 rings (SSSR count). The topological polar surface area (TPSA) is 37.0 Å². The molecule has 0 spiro atoms. The third-order valence-corrected chi connectivity index (χ3v) is 2.79. The van der Waals surface area contributed by atoms with Crippen LogP contribution in [0.3, 0.4) is 0 Å². The number of hydrogen-bond donors (Lipinski definition) is 0. The van der Waals surface area contributed by atoms with Crippen LogP contribution in [0.2, 0.25) is 0 Å². The minimum atomic E-state index is 0. The van der Waals surface area contributed by atoms with Gasteiger partial charge in [0.1, 0.15) is 6.29 Å². The van der Waals surface area contributed by atoms with Crippen molar-refractivity contribution >= 4 is 6.29 Å². The van der Waals surface area contributed by atoms with Gasteiger partial charge in [-0.3, -0.25) is 0 Å². The second-order valence-electron chi connectivity index (χ2n) is 5.81. The van der Waals surface area contributed by atoms with Crippen LogP contribution in [0, 0.1) is 18.5 Å². The van der Waals surface area contributed by atoms with E-state index in [1.54, 1.807) is 0 Å². The van der Waals surface area contributed by atoms with E-state index in [1.165, 1.54) is 38.5 Å². The molecule has 0 fully saturated rings. The molecule has 2 nitrogen and oxygen atoms in total. The average molecular weight is 284 g/mol. The first-order valence-electron chi connectivity index (χ1n) is 7.79. The van der Waals surface area contributed by atoms with Gasteiger partial charge in [-0.25, -0.2) is 0 Å². The molecule has 0 aliphatic heterocycles. The summed E-state index contributed by atoms with van der Waals surface area (Å²) in [5.41, 5.74) is 0. The van der Waals surface area contributed by atoms with Gasteiger partial charge in [-0.15, -0.1) is 6.58 Å². The van der Waals surface area contributed by atoms with Crippen molar-refractivity contribution in [3.8, 4) is 0 Å². The zero-order valence-corrected chi connectivity index (χ0v) is 14.0. The van der Waals surface area contributed by atoms with E-state index in [0.717, 1.165) is 31.0 Å². The molecule has 0 amide bonds. The van der Waals surface area contributed by atoms with E-state index in [-0.39, 0.29) is 1.43 Å². The largest absolute Gasteiger partial charge is 0 e. The first kappa shape index (κ1) is 24.2. The summed E-state index contributed by atoms with van der Waals surface area (Å²) in [4.78, 5) is 9.90. The maximum Gasteiger partial charge on any atom is 0 e. The SMILES string of the molecule is C=CCCCC(C)C.CC(C)CCCCCC=O.[C-]#[O+].[HH]. The fourth-order valence-corrected chi connectivity index (χ4v) is 1.63. The summed E-state index contributed by atoms with van der Waals surface area (Å²) in [6, 6.07) is 0. The Balaban J connectivity index is -0.000000120. The third kappa shape index (κ3) is 36.0. The fraction of sp³-hybridized carbons (Fsp3) is 0.778. The van der Waals surface area contributed by atoms with Gasteiger partial charge in [0, 0.05) is 7.85 Å². The van der Waals surface area contributed by atoms with Crippen LogP contribution in [0.15, 0.2) is 12.7 Å². The molecule has 0 aliphatic carbocycles. The summed E-state index contributed by atoms with van der Waals surface area (Å²) in [5, 5.41) is 0. The second kappa shape index (κ2) is 23.3. The Labute approximate surface area is 128 Å². The predicted molar refractivity (Wildman–Crippen MR) is 88.9 cm³/mol. The fourth-order valence-electron chi connectivity index (χ4n) is 1.63. The molecule has 0 radical (unpaired) electrons. The van der Waals surface area contributed by atoms with Crippen molar-refractivity contribution in [2.45, 2.75) is 79.1 Å². The van der Waals surface area contributed by atoms with Crippen molar-refractivity contribution in [2.24, 2.45) is 11.8 Å². The van der Waals surface area contributed by atoms with Crippen LogP contribution in [-0.2, 0) is 9.45 Å². The molecule has 0 aromatic heterocycles. The summed E-state index contributed by atoms with van der Waals surface area (Å²) < 4.78 is 7.50. The van der Waals surface area contributed by atoms with E-state index in [4.69, 9.17) is 4.65 Å². The molecule has 120 valence electrons. The molecule has 0 saturated carbocycles. The Kier molecular flexibility index (Phi) is 28.1. The zero-order valence-electron chi connectivity index (χ0n) is 14.0. The number of unbranched alkanes of at least 4 members (excludes halogenated alkanes) is 4. The van der Waals surface area contributed by atoms with Crippen LogP contribution in [0.5, 0.6) is 0 Å². The van der Waals surface area contributed by atoms with Crippen LogP contribution < -0.4 is 0 Å². The second-order valence-corrected chi connectivity index (χ2v) is 5.81. The molecule has 2 heteroatoms. The van der Waals surface area contributed by atoms with Crippen molar-refractivity contribution in [2.75, 3.05) is 0 Å². The predicted octanol–water partition coefficient (Wildman–Crippen LogP) is 6.00. The van der Waals surface area contributed by atoms with E-state index in [1.807, 2.05) is 6.08 Å². The van der Waals surface area contributed by atoms with Gasteiger partial charge >= 0.3 is 11.3 Å². The monoisotopic (exact) mass is 284 g/mol. The molecule has 0 saturated heterocycles. The normalized spacial score (nSPS) is 9.20. The van der Waals surface area contributed by atoms with Crippen molar-refractivity contribution in [3.63, 3.8) is 0 Å². The molecule has 0 aromatic rings. The Morgan fingerprint density at radius 3 is 1.85 bits per heavy atom. The summed E-state index contributed by atoms with van der Waals surface area (Å²) in [6.07, 6.45) is 12.5. The van der Waals surface area contributed by atoms with Crippen LogP contribution in [0.1, 0.15) is 80.5 Å². The molecule has 0 atom stereocenters. The number of carbonyl (C=O) groups excluding carboxylic acids is 1. The molecule has 0 aliphatic rings. The molecule has 0 N–H and O–H groups in total. The molecule has 20 heavy (non-hydrogen) atoms. The maximum absolute atomic E-state index is 9.90. The van der Waals surface area contributed by atoms with Gasteiger partial charge in [0.2, 0.25) is 0 Å². The van der Waals surface area contributed by atoms with Crippen molar-refractivity contribution in [1.82, 2.24) is 0 Å². The van der Waals surface area contributed by atoms with Crippen LogP contribution in [0.4, 0.5) is 0 Å². The molecule has 0 bridgehead atoms. The first-order chi connectivity index (χ1) is 9.54. The number of carbonyl (C=O) groups is 1. The number of hydrogen-bond acceptors (Lipinski definition) is 1. The standard InChI is InChI=1S/C9H18O.C8H16.CO.H2/c1-9(2)7-5-3-4-6-8-10;1-4-5-6-7-8(2)3;1-2;/h8-9H,3-7H2,1-2H3;4,8H,1,5-7H2,2-3H3;;1H. The van der Waals surface area contributed by atoms with Gasteiger partial charge < -0.3 is 4.79 Å². The van der Waals surface area contributed by atoms with E-state index < -0.39 is 0 Å². The molecular formula is C18H36O2. The molecule has 0 heterocycles. The average Bonchev–Trinajstić information content (AvgIpc) is 2.41. The van der Waals surface area contributed by atoms with Crippen LogP contribution >= 0.6 is 0 Å². The molecule has 0 unspecified atom stereocenters. The van der Waals surface area contributed by atoms with Gasteiger partial charge in [-0.2, -0.15) is 0 Å². The van der Waals surface area contributed by atoms with Crippen molar-refractivity contribution in [1.29, 1.82) is 0 Å². The number of allylic oxidation sites excluding steroid dienone is 1. The third-order valence-electron chi connectivity index (χ3n) is 2.79. The number of rotatable bonds is 10. The summed E-state index contributed by atoms with van der Waals surface area (Å²) in [7, 11) is 0. The minimum absolute atomic E-state index is 0. The Morgan fingerprint density at radius 1 is 0.950 bits per heavy atom. The molecular weight excluding hydrogens is 248 g/mol. The van der Waals surface area contributed by atoms with Gasteiger partial charge in [0.25, 0.3) is 0 Å². The van der Waals surface area contributed by atoms with E-state index in [0.29, 0.717) is 0 Å². The smallest absolute Gasteiger partial charge is 0 e. The van der Waals surface area contributed by atoms with E-state index in [9.17, 15) is 4.79 Å². The number of aldehydes is 1. The van der Waals surface area contributed by atoms with E-state index in [2.05, 4.69) is 40.9 Å². The first-order valence-corrected chi connectivity index (χ1v) is 7.79. The Hall–Kier alpha value is -0.850.